The quantitative estimate of drug-likeness (QED) is 0.858. The molecule has 0 spiro atoms. The topological polar surface area (TPSA) is 24.9 Å². The standard InChI is InChI=1S/C19H24N2/c1-14(2)9-15-3-5-17(6-4-15)18-10-16(11-20-13-18)12-21-19-7-8-19/h3-6,10-11,13-14,19,21H,7-9,12H2,1-2H3. The molecule has 1 aromatic heterocycles. The number of nitrogens with one attached hydrogen (secondary N) is 1. The second-order valence-electron chi connectivity index (χ2n) is 6.53. The molecule has 1 N–H and O–H groups in total. The SMILES string of the molecule is CC(C)Cc1ccc(-c2cncc(CNC3CC3)c2)cc1. The summed E-state index contributed by atoms with van der Waals surface area (Å²) in [6.07, 6.45) is 7.71. The Balaban J connectivity index is 1.71. The van der Waals surface area contributed by atoms with Gasteiger partial charge in [-0.2, -0.15) is 0 Å². The summed E-state index contributed by atoms with van der Waals surface area (Å²) < 4.78 is 0. The van der Waals surface area contributed by atoms with Crippen LogP contribution in [0.3, 0.4) is 0 Å². The molecule has 2 heteroatoms. The van der Waals surface area contributed by atoms with Gasteiger partial charge < -0.3 is 5.32 Å². The third-order valence-corrected chi connectivity index (χ3v) is 3.90. The normalized spacial score (nSPS) is 14.6. The number of hydrogen-bond acceptors (Lipinski definition) is 2. The lowest BCUT2D eigenvalue weighted by atomic mass is 9.99. The highest BCUT2D eigenvalue weighted by Crippen LogP contribution is 2.22. The first-order valence-electron chi connectivity index (χ1n) is 7.97. The highest BCUT2D eigenvalue weighted by atomic mass is 14.9. The van der Waals surface area contributed by atoms with Crippen molar-refractivity contribution >= 4 is 0 Å². The smallest absolute Gasteiger partial charge is 0.0346 e. The number of aromatic nitrogens is 1. The maximum absolute atomic E-state index is 4.39. The van der Waals surface area contributed by atoms with Gasteiger partial charge in [0.2, 0.25) is 0 Å². The van der Waals surface area contributed by atoms with E-state index in [1.54, 1.807) is 0 Å². The van der Waals surface area contributed by atoms with Crippen LogP contribution in [0.2, 0.25) is 0 Å². The molecule has 0 bridgehead atoms. The van der Waals surface area contributed by atoms with Gasteiger partial charge >= 0.3 is 0 Å². The lowest BCUT2D eigenvalue weighted by Crippen LogP contribution is -2.15. The second kappa shape index (κ2) is 6.40. The van der Waals surface area contributed by atoms with Crippen LogP contribution in [0, 0.1) is 5.92 Å². The first kappa shape index (κ1) is 14.3. The van der Waals surface area contributed by atoms with Crippen molar-refractivity contribution in [2.45, 2.75) is 45.7 Å². The Hall–Kier alpha value is -1.67. The molecule has 1 fully saturated rings. The number of pyridine rings is 1. The lowest BCUT2D eigenvalue weighted by Gasteiger charge is -2.08. The van der Waals surface area contributed by atoms with Crippen molar-refractivity contribution in [3.05, 3.63) is 53.9 Å². The Bertz CT molecular complexity index is 583. The van der Waals surface area contributed by atoms with Gasteiger partial charge in [0, 0.05) is 30.5 Å². The summed E-state index contributed by atoms with van der Waals surface area (Å²) in [6, 6.07) is 11.9. The van der Waals surface area contributed by atoms with Crippen LogP contribution in [-0.2, 0) is 13.0 Å². The van der Waals surface area contributed by atoms with Crippen LogP contribution in [0.15, 0.2) is 42.7 Å². The van der Waals surface area contributed by atoms with Crippen LogP contribution in [-0.4, -0.2) is 11.0 Å². The van der Waals surface area contributed by atoms with Gasteiger partial charge in [0.15, 0.2) is 0 Å². The molecule has 2 aromatic rings. The van der Waals surface area contributed by atoms with Gasteiger partial charge in [0.25, 0.3) is 0 Å². The van der Waals surface area contributed by atoms with Gasteiger partial charge in [-0.3, -0.25) is 4.98 Å². The third-order valence-electron chi connectivity index (χ3n) is 3.90. The van der Waals surface area contributed by atoms with E-state index >= 15 is 0 Å². The molecule has 1 saturated carbocycles. The summed E-state index contributed by atoms with van der Waals surface area (Å²) in [5.41, 5.74) is 5.14. The van der Waals surface area contributed by atoms with E-state index in [2.05, 4.69) is 54.5 Å². The minimum Gasteiger partial charge on any atom is -0.310 e. The lowest BCUT2D eigenvalue weighted by molar-refractivity contribution is 0.647. The number of benzene rings is 1. The van der Waals surface area contributed by atoms with Crippen molar-refractivity contribution in [3.63, 3.8) is 0 Å². The predicted molar refractivity (Wildman–Crippen MR) is 88.1 cm³/mol. The largest absolute Gasteiger partial charge is 0.310 e. The van der Waals surface area contributed by atoms with Gasteiger partial charge in [-0.25, -0.2) is 0 Å². The zero-order valence-corrected chi connectivity index (χ0v) is 13.0. The molecule has 1 aromatic carbocycles. The van der Waals surface area contributed by atoms with Gasteiger partial charge in [-0.15, -0.1) is 0 Å². The van der Waals surface area contributed by atoms with Crippen LogP contribution >= 0.6 is 0 Å². The predicted octanol–water partition coefficient (Wildman–Crippen LogP) is 4.20. The number of rotatable bonds is 6. The Morgan fingerprint density at radius 1 is 1.05 bits per heavy atom. The second-order valence-corrected chi connectivity index (χ2v) is 6.53. The van der Waals surface area contributed by atoms with Crippen molar-refractivity contribution in [2.24, 2.45) is 5.92 Å². The molecule has 0 unspecified atom stereocenters. The highest BCUT2D eigenvalue weighted by Gasteiger charge is 2.19. The van der Waals surface area contributed by atoms with E-state index in [9.17, 15) is 0 Å². The molecule has 3 rings (SSSR count). The first-order valence-corrected chi connectivity index (χ1v) is 7.97. The first-order chi connectivity index (χ1) is 10.2. The van der Waals surface area contributed by atoms with E-state index in [1.807, 2.05) is 12.4 Å². The monoisotopic (exact) mass is 280 g/mol. The van der Waals surface area contributed by atoms with Gasteiger partial charge in [0.1, 0.15) is 0 Å². The summed E-state index contributed by atoms with van der Waals surface area (Å²) in [7, 11) is 0. The fraction of sp³-hybridized carbons (Fsp3) is 0.421. The van der Waals surface area contributed by atoms with Crippen LogP contribution in [0.5, 0.6) is 0 Å². The fourth-order valence-corrected chi connectivity index (χ4v) is 2.60. The summed E-state index contributed by atoms with van der Waals surface area (Å²) in [5, 5.41) is 3.54. The summed E-state index contributed by atoms with van der Waals surface area (Å²) in [5.74, 6) is 0.703. The van der Waals surface area contributed by atoms with E-state index in [0.29, 0.717) is 5.92 Å². The Kier molecular flexibility index (Phi) is 4.35. The maximum Gasteiger partial charge on any atom is 0.0346 e. The van der Waals surface area contributed by atoms with Crippen LogP contribution in [0.4, 0.5) is 0 Å². The molecule has 0 radical (unpaired) electrons. The van der Waals surface area contributed by atoms with Crippen molar-refractivity contribution in [1.82, 2.24) is 10.3 Å². The average Bonchev–Trinajstić information content (AvgIpc) is 3.30. The summed E-state index contributed by atoms with van der Waals surface area (Å²) in [4.78, 5) is 4.39. The maximum atomic E-state index is 4.39. The number of hydrogen-bond donors (Lipinski definition) is 1. The average molecular weight is 280 g/mol. The Labute approximate surface area is 127 Å². The van der Waals surface area contributed by atoms with E-state index < -0.39 is 0 Å². The van der Waals surface area contributed by atoms with Crippen LogP contribution in [0.1, 0.15) is 37.8 Å². The highest BCUT2D eigenvalue weighted by molar-refractivity contribution is 5.63. The molecular formula is C19H24N2. The van der Waals surface area contributed by atoms with Crippen molar-refractivity contribution < 1.29 is 0 Å². The molecule has 0 aliphatic heterocycles. The van der Waals surface area contributed by atoms with E-state index in [-0.39, 0.29) is 0 Å². The van der Waals surface area contributed by atoms with Gasteiger partial charge in [0.05, 0.1) is 0 Å². The Morgan fingerprint density at radius 2 is 1.81 bits per heavy atom. The van der Waals surface area contributed by atoms with Gasteiger partial charge in [-0.1, -0.05) is 38.1 Å². The molecule has 0 saturated heterocycles. The molecule has 2 nitrogen and oxygen atoms in total. The molecule has 0 amide bonds. The van der Waals surface area contributed by atoms with E-state index in [4.69, 9.17) is 0 Å². The van der Waals surface area contributed by atoms with E-state index in [1.165, 1.54) is 35.1 Å². The minimum absolute atomic E-state index is 0.703. The van der Waals surface area contributed by atoms with E-state index in [0.717, 1.165) is 19.0 Å². The molecular weight excluding hydrogens is 256 g/mol. The molecule has 110 valence electrons. The van der Waals surface area contributed by atoms with Gasteiger partial charge in [-0.05, 0) is 47.9 Å². The summed E-state index contributed by atoms with van der Waals surface area (Å²) >= 11 is 0. The third kappa shape index (κ3) is 4.15. The molecule has 1 aliphatic carbocycles. The van der Waals surface area contributed by atoms with Crippen LogP contribution < -0.4 is 5.32 Å². The fourth-order valence-electron chi connectivity index (χ4n) is 2.60. The molecule has 0 atom stereocenters. The van der Waals surface area contributed by atoms with Crippen molar-refractivity contribution in [3.8, 4) is 11.1 Å². The molecule has 1 aliphatic rings. The van der Waals surface area contributed by atoms with Crippen molar-refractivity contribution in [1.29, 1.82) is 0 Å². The molecule has 1 heterocycles. The van der Waals surface area contributed by atoms with Crippen molar-refractivity contribution in [2.75, 3.05) is 0 Å². The van der Waals surface area contributed by atoms with Crippen LogP contribution in [0.25, 0.3) is 11.1 Å². The molecule has 21 heavy (non-hydrogen) atoms. The summed E-state index contributed by atoms with van der Waals surface area (Å²) in [6.45, 7) is 5.44. The zero-order valence-electron chi connectivity index (χ0n) is 13.0. The number of nitrogens with zero attached hydrogens (tertiary/aromatic N) is 1. The Morgan fingerprint density at radius 3 is 2.48 bits per heavy atom. The minimum atomic E-state index is 0.703. The zero-order chi connectivity index (χ0) is 14.7.